The van der Waals surface area contributed by atoms with Crippen LogP contribution in [-0.4, -0.2) is 56.1 Å². The average Bonchev–Trinajstić information content (AvgIpc) is 2.50. The molecule has 1 atom stereocenters. The van der Waals surface area contributed by atoms with E-state index in [0.717, 1.165) is 0 Å². The monoisotopic (exact) mass is 329 g/mol. The number of aromatic hydroxyl groups is 1. The van der Waals surface area contributed by atoms with Crippen LogP contribution in [0.15, 0.2) is 23.1 Å². The van der Waals surface area contributed by atoms with Gasteiger partial charge < -0.3 is 20.9 Å². The Morgan fingerprint density at radius 3 is 2.64 bits per heavy atom. The van der Waals surface area contributed by atoms with Gasteiger partial charge in [-0.25, -0.2) is 8.42 Å². The summed E-state index contributed by atoms with van der Waals surface area (Å²) in [7, 11) is -3.70. The zero-order valence-electron chi connectivity index (χ0n) is 12.2. The van der Waals surface area contributed by atoms with Crippen LogP contribution in [-0.2, 0) is 19.6 Å². The summed E-state index contributed by atoms with van der Waals surface area (Å²) in [6.45, 7) is 2.70. The number of amides is 1. The Hall–Kier alpha value is -1.68. The number of hydrogen-bond acceptors (Lipinski definition) is 6. The van der Waals surface area contributed by atoms with Crippen LogP contribution in [0, 0.1) is 0 Å². The van der Waals surface area contributed by atoms with Crippen LogP contribution in [0.5, 0.6) is 5.75 Å². The van der Waals surface area contributed by atoms with Gasteiger partial charge in [-0.3, -0.25) is 4.79 Å². The number of carbonyl (C=O) groups is 1. The zero-order valence-corrected chi connectivity index (χ0v) is 13.0. The topological polar surface area (TPSA) is 122 Å². The Morgan fingerprint density at radius 1 is 1.41 bits per heavy atom. The lowest BCUT2D eigenvalue weighted by Gasteiger charge is -2.26. The van der Waals surface area contributed by atoms with E-state index in [1.807, 2.05) is 0 Å². The summed E-state index contributed by atoms with van der Waals surface area (Å²) in [6, 6.07) is 2.96. The molecule has 1 heterocycles. The largest absolute Gasteiger partial charge is 0.506 e. The molecule has 0 aromatic heterocycles. The number of benzene rings is 1. The maximum absolute atomic E-state index is 12.5. The Bertz CT molecular complexity index is 654. The quantitative estimate of drug-likeness (QED) is 0.652. The van der Waals surface area contributed by atoms with Gasteiger partial charge in [-0.15, -0.1) is 0 Å². The molecule has 1 aliphatic rings. The van der Waals surface area contributed by atoms with Crippen LogP contribution in [0.4, 0.5) is 5.69 Å². The molecular weight excluding hydrogens is 310 g/mol. The van der Waals surface area contributed by atoms with Crippen molar-refractivity contribution in [2.45, 2.75) is 17.9 Å². The number of phenols is 1. The molecule has 0 saturated carbocycles. The van der Waals surface area contributed by atoms with E-state index in [0.29, 0.717) is 13.2 Å². The number of phenolic OH excluding ortho intramolecular Hbond substituents is 1. The molecule has 8 nitrogen and oxygen atoms in total. The first kappa shape index (κ1) is 16.7. The SMILES string of the molecule is CC(N)C(=O)Nc1cc(S(=O)(=O)N2CCOCC2)ccc1O. The minimum atomic E-state index is -3.70. The lowest BCUT2D eigenvalue weighted by molar-refractivity contribution is -0.117. The lowest BCUT2D eigenvalue weighted by Crippen LogP contribution is -2.40. The average molecular weight is 329 g/mol. The van der Waals surface area contributed by atoms with Gasteiger partial charge in [-0.05, 0) is 25.1 Å². The molecule has 122 valence electrons. The maximum Gasteiger partial charge on any atom is 0.243 e. The molecule has 22 heavy (non-hydrogen) atoms. The minimum absolute atomic E-state index is 0.00725. The van der Waals surface area contributed by atoms with Gasteiger partial charge in [0.2, 0.25) is 15.9 Å². The highest BCUT2D eigenvalue weighted by Gasteiger charge is 2.27. The summed E-state index contributed by atoms with van der Waals surface area (Å²) in [5, 5.41) is 12.2. The highest BCUT2D eigenvalue weighted by atomic mass is 32.2. The molecule has 1 fully saturated rings. The van der Waals surface area contributed by atoms with Gasteiger partial charge in [0.05, 0.1) is 29.8 Å². The molecule has 0 bridgehead atoms. The molecule has 1 saturated heterocycles. The van der Waals surface area contributed by atoms with Crippen molar-refractivity contribution in [1.82, 2.24) is 4.31 Å². The Morgan fingerprint density at radius 2 is 2.05 bits per heavy atom. The molecular formula is C13H19N3O5S. The van der Waals surface area contributed by atoms with E-state index >= 15 is 0 Å². The van der Waals surface area contributed by atoms with Gasteiger partial charge in [0.25, 0.3) is 0 Å². The van der Waals surface area contributed by atoms with Gasteiger partial charge in [-0.2, -0.15) is 4.31 Å². The number of hydrogen-bond donors (Lipinski definition) is 3. The number of anilines is 1. The highest BCUT2D eigenvalue weighted by molar-refractivity contribution is 7.89. The standard InChI is InChI=1S/C13H19N3O5S/c1-9(14)13(18)15-11-8-10(2-3-12(11)17)22(19,20)16-4-6-21-7-5-16/h2-3,8-9,17H,4-7,14H2,1H3,(H,15,18). The molecule has 1 amide bonds. The Labute approximate surface area is 128 Å². The van der Waals surface area contributed by atoms with Crippen LogP contribution < -0.4 is 11.1 Å². The third-order valence-electron chi connectivity index (χ3n) is 3.25. The van der Waals surface area contributed by atoms with Crippen LogP contribution in [0.25, 0.3) is 0 Å². The second-order valence-corrected chi connectivity index (χ2v) is 6.91. The van der Waals surface area contributed by atoms with Crippen molar-refractivity contribution in [2.24, 2.45) is 5.73 Å². The molecule has 0 radical (unpaired) electrons. The third-order valence-corrected chi connectivity index (χ3v) is 5.14. The van der Waals surface area contributed by atoms with Gasteiger partial charge in [0, 0.05) is 13.1 Å². The molecule has 1 unspecified atom stereocenters. The predicted octanol–water partition coefficient (Wildman–Crippen LogP) is -0.301. The third kappa shape index (κ3) is 3.55. The summed E-state index contributed by atoms with van der Waals surface area (Å²) < 4.78 is 31.5. The molecule has 9 heteroatoms. The van der Waals surface area contributed by atoms with Gasteiger partial charge in [-0.1, -0.05) is 0 Å². The number of ether oxygens (including phenoxy) is 1. The van der Waals surface area contributed by atoms with Crippen molar-refractivity contribution in [3.8, 4) is 5.75 Å². The fraction of sp³-hybridized carbons (Fsp3) is 0.462. The number of nitrogens with zero attached hydrogens (tertiary/aromatic N) is 1. The van der Waals surface area contributed by atoms with E-state index in [2.05, 4.69) is 5.32 Å². The summed E-state index contributed by atoms with van der Waals surface area (Å²) >= 11 is 0. The van der Waals surface area contributed by atoms with E-state index in [1.54, 1.807) is 0 Å². The molecule has 0 spiro atoms. The fourth-order valence-electron chi connectivity index (χ4n) is 1.96. The lowest BCUT2D eigenvalue weighted by atomic mass is 10.2. The minimum Gasteiger partial charge on any atom is -0.506 e. The van der Waals surface area contributed by atoms with Crippen molar-refractivity contribution < 1.29 is 23.1 Å². The van der Waals surface area contributed by atoms with E-state index in [1.165, 1.54) is 29.4 Å². The number of rotatable bonds is 4. The van der Waals surface area contributed by atoms with E-state index < -0.39 is 22.0 Å². The number of nitrogens with two attached hydrogens (primary N) is 1. The second-order valence-electron chi connectivity index (χ2n) is 4.97. The molecule has 2 rings (SSSR count). The first-order valence-corrected chi connectivity index (χ1v) is 8.24. The number of sulfonamides is 1. The normalized spacial score (nSPS) is 17.9. The second kappa shape index (κ2) is 6.61. The first-order chi connectivity index (χ1) is 10.3. The molecule has 0 aliphatic carbocycles. The Balaban J connectivity index is 2.30. The smallest absolute Gasteiger partial charge is 0.243 e. The molecule has 1 aliphatic heterocycles. The number of nitrogens with one attached hydrogen (secondary N) is 1. The predicted molar refractivity (Wildman–Crippen MR) is 80.0 cm³/mol. The zero-order chi connectivity index (χ0) is 16.3. The molecule has 1 aromatic rings. The van der Waals surface area contributed by atoms with E-state index in [-0.39, 0.29) is 29.4 Å². The number of carbonyl (C=O) groups excluding carboxylic acids is 1. The fourth-order valence-corrected chi connectivity index (χ4v) is 3.39. The summed E-state index contributed by atoms with van der Waals surface area (Å²) in [5.74, 6) is -0.744. The molecule has 4 N–H and O–H groups in total. The van der Waals surface area contributed by atoms with Crippen molar-refractivity contribution in [3.05, 3.63) is 18.2 Å². The van der Waals surface area contributed by atoms with E-state index in [9.17, 15) is 18.3 Å². The van der Waals surface area contributed by atoms with Gasteiger partial charge >= 0.3 is 0 Å². The number of morpholine rings is 1. The van der Waals surface area contributed by atoms with Crippen LogP contribution in [0.1, 0.15) is 6.92 Å². The highest BCUT2D eigenvalue weighted by Crippen LogP contribution is 2.28. The summed E-state index contributed by atoms with van der Waals surface area (Å²) in [5.41, 5.74) is 5.45. The summed E-state index contributed by atoms with van der Waals surface area (Å²) in [6.07, 6.45) is 0. The van der Waals surface area contributed by atoms with Crippen LogP contribution in [0.3, 0.4) is 0 Å². The van der Waals surface area contributed by atoms with Crippen molar-refractivity contribution in [1.29, 1.82) is 0 Å². The van der Waals surface area contributed by atoms with Crippen molar-refractivity contribution in [3.63, 3.8) is 0 Å². The molecule has 1 aromatic carbocycles. The van der Waals surface area contributed by atoms with Crippen molar-refractivity contribution in [2.75, 3.05) is 31.6 Å². The van der Waals surface area contributed by atoms with Gasteiger partial charge in [0.15, 0.2) is 0 Å². The summed E-state index contributed by atoms with van der Waals surface area (Å²) in [4.78, 5) is 11.6. The van der Waals surface area contributed by atoms with Crippen LogP contribution >= 0.6 is 0 Å². The van der Waals surface area contributed by atoms with Gasteiger partial charge in [0.1, 0.15) is 5.75 Å². The van der Waals surface area contributed by atoms with Crippen LogP contribution in [0.2, 0.25) is 0 Å². The maximum atomic E-state index is 12.5. The van der Waals surface area contributed by atoms with Crippen molar-refractivity contribution >= 4 is 21.6 Å². The Kier molecular flexibility index (Phi) is 5.01. The first-order valence-electron chi connectivity index (χ1n) is 6.79. The van der Waals surface area contributed by atoms with E-state index in [4.69, 9.17) is 10.5 Å².